The molecule has 0 radical (unpaired) electrons. The second-order valence-corrected chi connectivity index (χ2v) is 7.78. The van der Waals surface area contributed by atoms with E-state index >= 15 is 0 Å². The van der Waals surface area contributed by atoms with Crippen molar-refractivity contribution in [1.82, 2.24) is 15.4 Å². The van der Waals surface area contributed by atoms with Crippen molar-refractivity contribution in [3.8, 4) is 6.07 Å². The molecule has 0 saturated carbocycles. The van der Waals surface area contributed by atoms with E-state index in [0.717, 1.165) is 22.7 Å². The highest BCUT2D eigenvalue weighted by Crippen LogP contribution is 2.38. The predicted octanol–water partition coefficient (Wildman–Crippen LogP) is 3.52. The molecule has 3 unspecified atom stereocenters. The van der Waals surface area contributed by atoms with Crippen LogP contribution in [0.4, 0.5) is 0 Å². The summed E-state index contributed by atoms with van der Waals surface area (Å²) in [5.41, 5.74) is 9.72. The smallest absolute Gasteiger partial charge is 0.154 e. The van der Waals surface area contributed by atoms with Gasteiger partial charge in [-0.05, 0) is 43.9 Å². The molecule has 2 aromatic rings. The summed E-state index contributed by atoms with van der Waals surface area (Å²) in [5, 5.41) is 11.8. The van der Waals surface area contributed by atoms with Crippen molar-refractivity contribution < 1.29 is 0 Å². The second-order valence-electron chi connectivity index (χ2n) is 6.80. The molecule has 1 N–H and O–H groups in total. The molecule has 2 aliphatic heterocycles. The summed E-state index contributed by atoms with van der Waals surface area (Å²) < 4.78 is 0. The third-order valence-corrected chi connectivity index (χ3v) is 5.88. The van der Waals surface area contributed by atoms with E-state index in [2.05, 4.69) is 59.6 Å². The number of aromatic nitrogens is 1. The van der Waals surface area contributed by atoms with Gasteiger partial charge in [0.05, 0.1) is 28.5 Å². The average molecular weight is 376 g/mol. The third kappa shape index (κ3) is 3.14. The number of allylic oxidation sites excluding steroid dienone is 1. The molecule has 1 fully saturated rings. The molecule has 0 aliphatic carbocycles. The van der Waals surface area contributed by atoms with E-state index < -0.39 is 0 Å². The Labute approximate surface area is 163 Å². The standard InChI is InChI=1S/C21H21N5S/c1-13-7-8-15(14(2)10-13)19-11-18(17-6-4-5-9-23-17)24-20-16(12-22)21(27-3)25-26(19)20/h4-11,16,20-21,25H,1-3H3. The Morgan fingerprint density at radius 1 is 1.22 bits per heavy atom. The third-order valence-electron chi connectivity index (χ3n) is 4.97. The van der Waals surface area contributed by atoms with Crippen molar-refractivity contribution in [2.24, 2.45) is 10.9 Å². The quantitative estimate of drug-likeness (QED) is 0.889. The molecule has 0 bridgehead atoms. The number of aryl methyl sites for hydroxylation is 2. The van der Waals surface area contributed by atoms with Crippen molar-refractivity contribution >= 4 is 23.2 Å². The topological polar surface area (TPSA) is 64.3 Å². The molecule has 1 aromatic carbocycles. The Kier molecular flexibility index (Phi) is 4.73. The average Bonchev–Trinajstić information content (AvgIpc) is 3.06. The van der Waals surface area contributed by atoms with Crippen LogP contribution in [-0.2, 0) is 0 Å². The fourth-order valence-corrected chi connectivity index (χ4v) is 4.35. The first-order valence-corrected chi connectivity index (χ1v) is 10.2. The van der Waals surface area contributed by atoms with Crippen LogP contribution in [0, 0.1) is 31.1 Å². The van der Waals surface area contributed by atoms with Gasteiger partial charge in [0.1, 0.15) is 5.92 Å². The molecule has 27 heavy (non-hydrogen) atoms. The molecule has 0 spiro atoms. The number of nitriles is 1. The molecular formula is C21H21N5S. The van der Waals surface area contributed by atoms with Crippen molar-refractivity contribution in [2.75, 3.05) is 6.26 Å². The Morgan fingerprint density at radius 2 is 2.07 bits per heavy atom. The number of hydrazine groups is 1. The van der Waals surface area contributed by atoms with E-state index in [-0.39, 0.29) is 17.5 Å². The Hall–Kier alpha value is -2.62. The number of pyridine rings is 1. The van der Waals surface area contributed by atoms with Crippen molar-refractivity contribution in [3.63, 3.8) is 0 Å². The van der Waals surface area contributed by atoms with Crippen LogP contribution in [0.5, 0.6) is 0 Å². The van der Waals surface area contributed by atoms with Gasteiger partial charge < -0.3 is 0 Å². The minimum atomic E-state index is -0.273. The largest absolute Gasteiger partial charge is 0.281 e. The summed E-state index contributed by atoms with van der Waals surface area (Å²) in [6.45, 7) is 4.22. The number of aliphatic imine (C=N–C) groups is 1. The van der Waals surface area contributed by atoms with Crippen LogP contribution in [0.15, 0.2) is 53.7 Å². The lowest BCUT2D eigenvalue weighted by Gasteiger charge is -2.31. The fraction of sp³-hybridized carbons (Fsp3) is 0.286. The van der Waals surface area contributed by atoms with Crippen molar-refractivity contribution in [1.29, 1.82) is 5.26 Å². The van der Waals surface area contributed by atoms with Gasteiger partial charge in [-0.25, -0.2) is 5.43 Å². The Morgan fingerprint density at radius 3 is 2.74 bits per heavy atom. The van der Waals surface area contributed by atoms with Gasteiger partial charge in [0, 0.05) is 11.8 Å². The van der Waals surface area contributed by atoms with Crippen molar-refractivity contribution in [2.45, 2.75) is 25.4 Å². The van der Waals surface area contributed by atoms with E-state index in [1.165, 1.54) is 11.1 Å². The van der Waals surface area contributed by atoms with Gasteiger partial charge in [-0.2, -0.15) is 5.26 Å². The van der Waals surface area contributed by atoms with Gasteiger partial charge in [0.15, 0.2) is 6.17 Å². The highest BCUT2D eigenvalue weighted by molar-refractivity contribution is 7.99. The first kappa shape index (κ1) is 17.8. The second kappa shape index (κ2) is 7.18. The molecular weight excluding hydrogens is 354 g/mol. The van der Waals surface area contributed by atoms with Crippen LogP contribution in [0.25, 0.3) is 5.70 Å². The van der Waals surface area contributed by atoms with Crippen LogP contribution >= 0.6 is 11.8 Å². The minimum absolute atomic E-state index is 0.000914. The maximum Gasteiger partial charge on any atom is 0.154 e. The number of nitrogens with zero attached hydrogens (tertiary/aromatic N) is 4. The maximum atomic E-state index is 9.78. The van der Waals surface area contributed by atoms with Crippen LogP contribution in [0.1, 0.15) is 22.4 Å². The van der Waals surface area contributed by atoms with E-state index in [4.69, 9.17) is 4.99 Å². The van der Waals surface area contributed by atoms with Gasteiger partial charge in [0.2, 0.25) is 0 Å². The van der Waals surface area contributed by atoms with Crippen LogP contribution < -0.4 is 5.43 Å². The molecule has 1 aromatic heterocycles. The van der Waals surface area contributed by atoms with Gasteiger partial charge in [-0.3, -0.25) is 15.0 Å². The zero-order valence-corrected chi connectivity index (χ0v) is 16.4. The lowest BCUT2D eigenvalue weighted by atomic mass is 9.98. The number of thioether (sulfide) groups is 1. The fourth-order valence-electron chi connectivity index (χ4n) is 3.64. The zero-order valence-electron chi connectivity index (χ0n) is 15.5. The SMILES string of the molecule is CSC1NN2C(c3ccc(C)cc3C)=CC(c3ccccn3)=NC2C1C#N. The van der Waals surface area contributed by atoms with E-state index in [1.54, 1.807) is 18.0 Å². The van der Waals surface area contributed by atoms with Gasteiger partial charge in [-0.1, -0.05) is 29.8 Å². The van der Waals surface area contributed by atoms with Crippen LogP contribution in [0.3, 0.4) is 0 Å². The zero-order chi connectivity index (χ0) is 19.0. The first-order chi connectivity index (χ1) is 13.1. The number of nitrogens with one attached hydrogen (secondary N) is 1. The molecule has 4 rings (SSSR count). The summed E-state index contributed by atoms with van der Waals surface area (Å²) in [6.07, 6.45) is 5.59. The molecule has 0 amide bonds. The summed E-state index contributed by atoms with van der Waals surface area (Å²) in [4.78, 5) is 9.36. The van der Waals surface area contributed by atoms with Gasteiger partial charge in [-0.15, -0.1) is 11.8 Å². The Balaban J connectivity index is 1.86. The Bertz CT molecular complexity index is 960. The van der Waals surface area contributed by atoms with E-state index in [1.807, 2.05) is 24.5 Å². The predicted molar refractivity (Wildman–Crippen MR) is 110 cm³/mol. The summed E-state index contributed by atoms with van der Waals surface area (Å²) in [7, 11) is 0. The van der Waals surface area contributed by atoms with Gasteiger partial charge >= 0.3 is 0 Å². The highest BCUT2D eigenvalue weighted by atomic mass is 32.2. The normalized spacial score (nSPS) is 24.1. The van der Waals surface area contributed by atoms with Crippen molar-refractivity contribution in [3.05, 3.63) is 71.1 Å². The molecule has 3 atom stereocenters. The maximum absolute atomic E-state index is 9.78. The minimum Gasteiger partial charge on any atom is -0.281 e. The molecule has 3 heterocycles. The van der Waals surface area contributed by atoms with E-state index in [0.29, 0.717) is 0 Å². The van der Waals surface area contributed by atoms with Crippen LogP contribution in [0.2, 0.25) is 0 Å². The van der Waals surface area contributed by atoms with Crippen LogP contribution in [-0.4, -0.2) is 33.5 Å². The highest BCUT2D eigenvalue weighted by Gasteiger charge is 2.44. The summed E-state index contributed by atoms with van der Waals surface area (Å²) in [6, 6.07) is 14.7. The first-order valence-electron chi connectivity index (χ1n) is 8.88. The summed E-state index contributed by atoms with van der Waals surface area (Å²) >= 11 is 1.64. The molecule has 2 aliphatic rings. The number of fused-ring (bicyclic) bond motifs is 1. The number of hydrogen-bond acceptors (Lipinski definition) is 6. The number of hydrogen-bond donors (Lipinski definition) is 1. The summed E-state index contributed by atoms with van der Waals surface area (Å²) in [5.74, 6) is -0.242. The lowest BCUT2D eigenvalue weighted by molar-refractivity contribution is 0.286. The van der Waals surface area contributed by atoms with E-state index in [9.17, 15) is 5.26 Å². The molecule has 5 nitrogen and oxygen atoms in total. The molecule has 1 saturated heterocycles. The molecule has 136 valence electrons. The number of rotatable bonds is 3. The number of benzene rings is 1. The monoisotopic (exact) mass is 375 g/mol. The van der Waals surface area contributed by atoms with Gasteiger partial charge in [0.25, 0.3) is 0 Å². The molecule has 6 heteroatoms. The lowest BCUT2D eigenvalue weighted by Crippen LogP contribution is -2.39.